The fourth-order valence-corrected chi connectivity index (χ4v) is 7.93. The number of nitrogens with two attached hydrogens (primary N) is 3. The van der Waals surface area contributed by atoms with Crippen molar-refractivity contribution in [1.29, 1.82) is 0 Å². The molecule has 0 fully saturated rings. The van der Waals surface area contributed by atoms with Gasteiger partial charge >= 0.3 is 0 Å². The number of carbonyl (C=O) groups excluding carboxylic acids is 7. The van der Waals surface area contributed by atoms with E-state index in [2.05, 4.69) is 46.9 Å². The minimum atomic E-state index is -1.25. The van der Waals surface area contributed by atoms with Gasteiger partial charge in [0.2, 0.25) is 41.4 Å². The van der Waals surface area contributed by atoms with Gasteiger partial charge in [-0.1, -0.05) is 84.4 Å². The number of aliphatic imine (C=N–C) groups is 1. The summed E-state index contributed by atoms with van der Waals surface area (Å²) in [5.74, 6) is -5.08. The summed E-state index contributed by atoms with van der Waals surface area (Å²) >= 11 is 0. The molecule has 0 aliphatic heterocycles. The maximum atomic E-state index is 14.5. The highest BCUT2D eigenvalue weighted by Gasteiger charge is 2.35. The Morgan fingerprint density at radius 1 is 0.582 bits per heavy atom. The maximum absolute atomic E-state index is 14.5. The Labute approximate surface area is 391 Å². The average molecular weight is 927 g/mol. The van der Waals surface area contributed by atoms with Crippen LogP contribution in [-0.2, 0) is 46.4 Å². The Bertz CT molecular complexity index is 2370. The first-order chi connectivity index (χ1) is 31.8. The van der Waals surface area contributed by atoms with E-state index in [0.29, 0.717) is 12.8 Å². The number of primary amides is 1. The third-order valence-electron chi connectivity index (χ3n) is 11.6. The molecule has 7 atom stereocenters. The van der Waals surface area contributed by atoms with Gasteiger partial charge in [0.15, 0.2) is 5.96 Å². The van der Waals surface area contributed by atoms with Crippen LogP contribution in [0.25, 0.3) is 21.8 Å². The molecule has 0 saturated carbocycles. The lowest BCUT2D eigenvalue weighted by Crippen LogP contribution is -2.61. The highest BCUT2D eigenvalue weighted by molar-refractivity contribution is 5.98. The number of hydrogen-bond acceptors (Lipinski definition) is 8. The van der Waals surface area contributed by atoms with Crippen LogP contribution in [0.1, 0.15) is 91.7 Å². The number of nitrogens with zero attached hydrogens (tertiary/aromatic N) is 1. The summed E-state index contributed by atoms with van der Waals surface area (Å²) in [6.45, 7) is 12.6. The highest BCUT2D eigenvalue weighted by atomic mass is 16.2. The number of H-pyrrole nitrogens is 2. The van der Waals surface area contributed by atoms with Crippen LogP contribution in [0.3, 0.4) is 0 Å². The number of benzene rings is 2. The molecule has 0 unspecified atom stereocenters. The molecule has 0 bridgehead atoms. The largest absolute Gasteiger partial charge is 0.370 e. The summed E-state index contributed by atoms with van der Waals surface area (Å²) in [6.07, 6.45) is 4.85. The maximum Gasteiger partial charge on any atom is 0.243 e. The second kappa shape index (κ2) is 25.1. The van der Waals surface area contributed by atoms with E-state index in [-0.39, 0.29) is 56.4 Å². The van der Waals surface area contributed by atoms with E-state index in [0.717, 1.165) is 32.9 Å². The topological polar surface area (TPSA) is 314 Å². The summed E-state index contributed by atoms with van der Waals surface area (Å²) in [7, 11) is 0. The van der Waals surface area contributed by atoms with Crippen LogP contribution in [0.15, 0.2) is 65.9 Å². The second-order valence-electron chi connectivity index (χ2n) is 18.1. The normalized spacial score (nSPS) is 14.5. The van der Waals surface area contributed by atoms with Gasteiger partial charge in [0.05, 0.1) is 0 Å². The van der Waals surface area contributed by atoms with Gasteiger partial charge in [-0.15, -0.1) is 0 Å². The average Bonchev–Trinajstić information content (AvgIpc) is 3.88. The van der Waals surface area contributed by atoms with Crippen molar-refractivity contribution >= 4 is 69.1 Å². The molecular weight excluding hydrogens is 857 g/mol. The number of para-hydroxylation sites is 2. The molecule has 67 heavy (non-hydrogen) atoms. The van der Waals surface area contributed by atoms with E-state index >= 15 is 0 Å². The number of rotatable bonds is 26. The molecule has 0 aliphatic rings. The zero-order chi connectivity index (χ0) is 49.4. The lowest BCUT2D eigenvalue weighted by Gasteiger charge is -2.30. The molecule has 0 saturated heterocycles. The summed E-state index contributed by atoms with van der Waals surface area (Å²) < 4.78 is 0. The number of nitrogens with one attached hydrogen (secondary N) is 8. The van der Waals surface area contributed by atoms with E-state index < -0.39 is 83.5 Å². The van der Waals surface area contributed by atoms with Crippen molar-refractivity contribution in [2.45, 2.75) is 130 Å². The number of carbonyl (C=O) groups is 7. The molecule has 14 N–H and O–H groups in total. The summed E-state index contributed by atoms with van der Waals surface area (Å²) in [5, 5.41) is 18.4. The van der Waals surface area contributed by atoms with Crippen molar-refractivity contribution in [3.8, 4) is 0 Å². The molecule has 2 aromatic heterocycles. The van der Waals surface area contributed by atoms with Gasteiger partial charge in [0.25, 0.3) is 0 Å². The first-order valence-corrected chi connectivity index (χ1v) is 23.0. The number of guanidine groups is 1. The zero-order valence-corrected chi connectivity index (χ0v) is 39.7. The Balaban J connectivity index is 1.60. The number of amides is 7. The van der Waals surface area contributed by atoms with E-state index in [1.54, 1.807) is 19.3 Å². The molecule has 4 rings (SSSR count). The molecule has 0 radical (unpaired) electrons. The van der Waals surface area contributed by atoms with E-state index in [1.807, 2.05) is 83.1 Å². The molecule has 2 aromatic carbocycles. The fraction of sp³-hybridized carbons (Fsp3) is 0.500. The third kappa shape index (κ3) is 15.9. The van der Waals surface area contributed by atoms with Crippen molar-refractivity contribution in [2.75, 3.05) is 6.54 Å². The van der Waals surface area contributed by atoms with Crippen LogP contribution >= 0.6 is 0 Å². The SMILES string of the molecule is CC[C@@H](C)[C@@H](NC(=O)[C@@H](CCCN=C(N)N)NC(=O)[C@@H](Cc1c[nH]c2ccccc12)NC(=O)[C@@H](CC(C)C)NC(C)=O)C(=O)N[C@H](CC(C)C)C(=O)N[C@H](Cc1c[nH]c2ccccc12)C(N)=O. The summed E-state index contributed by atoms with van der Waals surface area (Å²) in [4.78, 5) is 106. The fourth-order valence-electron chi connectivity index (χ4n) is 7.93. The Morgan fingerprint density at radius 3 is 1.52 bits per heavy atom. The first-order valence-electron chi connectivity index (χ1n) is 23.0. The molecule has 364 valence electrons. The molecule has 4 aromatic rings. The molecule has 19 nitrogen and oxygen atoms in total. The van der Waals surface area contributed by atoms with Gasteiger partial charge in [0.1, 0.15) is 36.3 Å². The first kappa shape index (κ1) is 52.7. The molecule has 0 aliphatic carbocycles. The van der Waals surface area contributed by atoms with Crippen LogP contribution in [0.2, 0.25) is 0 Å². The van der Waals surface area contributed by atoms with Gasteiger partial charge in [-0.25, -0.2) is 0 Å². The minimum absolute atomic E-state index is 0.0218. The van der Waals surface area contributed by atoms with E-state index in [9.17, 15) is 33.6 Å². The monoisotopic (exact) mass is 927 g/mol. The van der Waals surface area contributed by atoms with Crippen molar-refractivity contribution in [3.63, 3.8) is 0 Å². The third-order valence-corrected chi connectivity index (χ3v) is 11.6. The van der Waals surface area contributed by atoms with Gasteiger partial charge in [-0.2, -0.15) is 0 Å². The van der Waals surface area contributed by atoms with Crippen LogP contribution in [0.5, 0.6) is 0 Å². The summed E-state index contributed by atoms with van der Waals surface area (Å²) in [5.41, 5.74) is 20.1. The van der Waals surface area contributed by atoms with Gasteiger partial charge in [-0.05, 0) is 66.7 Å². The molecule has 19 heteroatoms. The standard InChI is InChI=1S/C48H70N12O7/c1-8-28(6)41(47(67)59-39(21-27(4)5)45(65)57-37(42(49)62)22-30-24-53-34-16-11-9-14-32(30)34)60-43(63)36(18-13-19-52-48(50)51)56-46(66)40(23-31-25-54-35-17-12-10-15-33(31)35)58-44(64)38(20-26(2)3)55-29(7)61/h9-12,14-17,24-28,36-41,53-54H,8,13,18-23H2,1-7H3,(H2,49,62)(H,55,61)(H,56,66)(H,57,65)(H,58,64)(H,59,67)(H,60,63)(H4,50,51,52)/t28-,36-,37-,38-,39-,40-,41-/m1/s1. The van der Waals surface area contributed by atoms with Gasteiger partial charge in [-0.3, -0.25) is 38.6 Å². The van der Waals surface area contributed by atoms with Crippen LogP contribution in [-0.4, -0.2) is 100 Å². The van der Waals surface area contributed by atoms with Gasteiger partial charge in [0, 0.05) is 60.5 Å². The van der Waals surface area contributed by atoms with Crippen molar-refractivity contribution in [3.05, 3.63) is 72.1 Å². The summed E-state index contributed by atoms with van der Waals surface area (Å²) in [6, 6.07) is 8.23. The smallest absolute Gasteiger partial charge is 0.243 e. The Hall–Kier alpha value is -6.92. The van der Waals surface area contributed by atoms with Crippen molar-refractivity contribution in [2.24, 2.45) is 39.9 Å². The van der Waals surface area contributed by atoms with Crippen LogP contribution < -0.4 is 49.1 Å². The van der Waals surface area contributed by atoms with E-state index in [4.69, 9.17) is 17.2 Å². The predicted molar refractivity (Wildman–Crippen MR) is 259 cm³/mol. The molecule has 2 heterocycles. The van der Waals surface area contributed by atoms with Crippen molar-refractivity contribution in [1.82, 2.24) is 41.9 Å². The lowest BCUT2D eigenvalue weighted by molar-refractivity contribution is -0.136. The Morgan fingerprint density at radius 2 is 1.03 bits per heavy atom. The number of hydrogen-bond donors (Lipinski definition) is 11. The number of aromatic nitrogens is 2. The predicted octanol–water partition coefficient (Wildman–Crippen LogP) is 2.04. The highest BCUT2D eigenvalue weighted by Crippen LogP contribution is 2.21. The Kier molecular flexibility index (Phi) is 19.8. The molecule has 7 amide bonds. The van der Waals surface area contributed by atoms with Crippen molar-refractivity contribution < 1.29 is 33.6 Å². The van der Waals surface area contributed by atoms with Gasteiger partial charge < -0.3 is 59.1 Å². The number of aromatic amines is 2. The number of fused-ring (bicyclic) bond motifs is 2. The zero-order valence-electron chi connectivity index (χ0n) is 39.7. The van der Waals surface area contributed by atoms with Crippen LogP contribution in [0, 0.1) is 17.8 Å². The van der Waals surface area contributed by atoms with Crippen LogP contribution in [0.4, 0.5) is 0 Å². The molecule has 0 spiro atoms. The molecular formula is C48H70N12O7. The lowest BCUT2D eigenvalue weighted by atomic mass is 9.95. The minimum Gasteiger partial charge on any atom is -0.370 e. The second-order valence-corrected chi connectivity index (χ2v) is 18.1. The quantitative estimate of drug-likeness (QED) is 0.0249. The van der Waals surface area contributed by atoms with E-state index in [1.165, 1.54) is 6.92 Å².